The monoisotopic (exact) mass is 366 g/mol. The molecule has 1 aromatic carbocycles. The predicted molar refractivity (Wildman–Crippen MR) is 104 cm³/mol. The summed E-state index contributed by atoms with van der Waals surface area (Å²) >= 11 is 0. The van der Waals surface area contributed by atoms with Gasteiger partial charge in [-0.3, -0.25) is 4.79 Å². The summed E-state index contributed by atoms with van der Waals surface area (Å²) in [6, 6.07) is 9.64. The number of pyridine rings is 1. The molecular weight excluding hydrogens is 344 g/mol. The number of methoxy groups -OCH3 is 1. The van der Waals surface area contributed by atoms with E-state index in [0.717, 1.165) is 22.3 Å². The standard InChI is InChI=1S/C20H22N4O3/c1-23-7-6-16-18(23)17(20(25)24-8-10-27-11-9-24)13-21-19(16)22-14-4-3-5-15(12-14)26-2/h3-7,12-13H,8-11H2,1-2H3,(H,21,22). The van der Waals surface area contributed by atoms with Crippen LogP contribution in [0.3, 0.4) is 0 Å². The number of benzene rings is 1. The summed E-state index contributed by atoms with van der Waals surface area (Å²) in [7, 11) is 3.58. The minimum atomic E-state index is -0.00877. The molecule has 0 aliphatic carbocycles. The highest BCUT2D eigenvalue weighted by Gasteiger charge is 2.23. The first-order valence-electron chi connectivity index (χ1n) is 8.89. The lowest BCUT2D eigenvalue weighted by Crippen LogP contribution is -2.40. The summed E-state index contributed by atoms with van der Waals surface area (Å²) in [5.41, 5.74) is 2.35. The number of nitrogens with zero attached hydrogens (tertiary/aromatic N) is 3. The maximum atomic E-state index is 13.0. The molecule has 1 saturated heterocycles. The van der Waals surface area contributed by atoms with Crippen LogP contribution in [0.4, 0.5) is 11.5 Å². The smallest absolute Gasteiger partial charge is 0.257 e. The van der Waals surface area contributed by atoms with Crippen molar-refractivity contribution in [1.82, 2.24) is 14.5 Å². The second kappa shape index (κ2) is 7.28. The molecule has 0 atom stereocenters. The lowest BCUT2D eigenvalue weighted by atomic mass is 10.1. The molecule has 1 aliphatic heterocycles. The van der Waals surface area contributed by atoms with Crippen molar-refractivity contribution in [3.05, 3.63) is 48.3 Å². The van der Waals surface area contributed by atoms with Crippen molar-refractivity contribution in [2.45, 2.75) is 0 Å². The Balaban J connectivity index is 1.71. The summed E-state index contributed by atoms with van der Waals surface area (Å²) < 4.78 is 12.6. The van der Waals surface area contributed by atoms with Gasteiger partial charge in [0.2, 0.25) is 0 Å². The zero-order chi connectivity index (χ0) is 18.8. The molecule has 27 heavy (non-hydrogen) atoms. The Morgan fingerprint density at radius 3 is 2.85 bits per heavy atom. The summed E-state index contributed by atoms with van der Waals surface area (Å²) in [6.45, 7) is 2.36. The molecule has 7 nitrogen and oxygen atoms in total. The van der Waals surface area contributed by atoms with E-state index < -0.39 is 0 Å². The van der Waals surface area contributed by atoms with Crippen LogP contribution in [0.15, 0.2) is 42.7 Å². The zero-order valence-corrected chi connectivity index (χ0v) is 15.4. The average Bonchev–Trinajstić information content (AvgIpc) is 3.11. The van der Waals surface area contributed by atoms with Gasteiger partial charge in [0.15, 0.2) is 0 Å². The first kappa shape index (κ1) is 17.4. The number of aromatic nitrogens is 2. The number of hydrogen-bond acceptors (Lipinski definition) is 5. The summed E-state index contributed by atoms with van der Waals surface area (Å²) in [5.74, 6) is 1.46. The van der Waals surface area contributed by atoms with Gasteiger partial charge in [0, 0.05) is 49.7 Å². The van der Waals surface area contributed by atoms with Gasteiger partial charge in [-0.1, -0.05) is 6.07 Å². The number of carbonyl (C=O) groups is 1. The van der Waals surface area contributed by atoms with E-state index in [0.29, 0.717) is 37.7 Å². The third-order valence-electron chi connectivity index (χ3n) is 4.77. The first-order valence-corrected chi connectivity index (χ1v) is 8.89. The topological polar surface area (TPSA) is 68.6 Å². The summed E-state index contributed by atoms with van der Waals surface area (Å²) in [4.78, 5) is 19.4. The third-order valence-corrected chi connectivity index (χ3v) is 4.77. The fourth-order valence-electron chi connectivity index (χ4n) is 3.35. The minimum absolute atomic E-state index is 0.00877. The number of carbonyl (C=O) groups excluding carboxylic acids is 1. The van der Waals surface area contributed by atoms with Crippen molar-refractivity contribution in [2.24, 2.45) is 7.05 Å². The summed E-state index contributed by atoms with van der Waals surface area (Å²) in [5, 5.41) is 4.23. The maximum Gasteiger partial charge on any atom is 0.257 e. The van der Waals surface area contributed by atoms with E-state index in [1.54, 1.807) is 13.3 Å². The Hall–Kier alpha value is -3.06. The second-order valence-corrected chi connectivity index (χ2v) is 6.47. The lowest BCUT2D eigenvalue weighted by Gasteiger charge is -2.27. The predicted octanol–water partition coefficient (Wildman–Crippen LogP) is 2.80. The quantitative estimate of drug-likeness (QED) is 0.769. The van der Waals surface area contributed by atoms with Gasteiger partial charge in [0.1, 0.15) is 11.6 Å². The van der Waals surface area contributed by atoms with Crippen LogP contribution in [0.5, 0.6) is 5.75 Å². The highest BCUT2D eigenvalue weighted by molar-refractivity contribution is 6.08. The Kier molecular flexibility index (Phi) is 4.68. The number of morpholine rings is 1. The number of aryl methyl sites for hydroxylation is 1. The Bertz CT molecular complexity index is 977. The van der Waals surface area contributed by atoms with E-state index >= 15 is 0 Å². The van der Waals surface area contributed by atoms with Gasteiger partial charge in [-0.2, -0.15) is 0 Å². The molecule has 7 heteroatoms. The van der Waals surface area contributed by atoms with Gasteiger partial charge in [0.05, 0.1) is 31.4 Å². The van der Waals surface area contributed by atoms with E-state index in [2.05, 4.69) is 10.3 Å². The molecule has 1 fully saturated rings. The van der Waals surface area contributed by atoms with Crippen molar-refractivity contribution < 1.29 is 14.3 Å². The summed E-state index contributed by atoms with van der Waals surface area (Å²) in [6.07, 6.45) is 3.60. The van der Waals surface area contributed by atoms with Gasteiger partial charge in [-0.25, -0.2) is 4.98 Å². The van der Waals surface area contributed by atoms with Gasteiger partial charge in [0.25, 0.3) is 5.91 Å². The zero-order valence-electron chi connectivity index (χ0n) is 15.4. The number of hydrogen-bond donors (Lipinski definition) is 1. The molecule has 1 N–H and O–H groups in total. The number of ether oxygens (including phenoxy) is 2. The minimum Gasteiger partial charge on any atom is -0.497 e. The molecule has 0 radical (unpaired) electrons. The Labute approximate surface area is 157 Å². The van der Waals surface area contributed by atoms with Crippen LogP contribution < -0.4 is 10.1 Å². The van der Waals surface area contributed by atoms with Gasteiger partial charge < -0.3 is 24.3 Å². The number of anilines is 2. The SMILES string of the molecule is COc1cccc(Nc2ncc(C(=O)N3CCOCC3)c3c2ccn3C)c1. The van der Waals surface area contributed by atoms with Crippen molar-refractivity contribution in [2.75, 3.05) is 38.7 Å². The fraction of sp³-hybridized carbons (Fsp3) is 0.300. The van der Waals surface area contributed by atoms with Crippen molar-refractivity contribution >= 4 is 28.3 Å². The van der Waals surface area contributed by atoms with Crippen LogP contribution in [0.25, 0.3) is 10.9 Å². The molecule has 0 spiro atoms. The molecule has 3 heterocycles. The van der Waals surface area contributed by atoms with E-state index in [9.17, 15) is 4.79 Å². The van der Waals surface area contributed by atoms with E-state index in [1.807, 2.05) is 53.0 Å². The van der Waals surface area contributed by atoms with Crippen LogP contribution in [0.1, 0.15) is 10.4 Å². The normalized spacial score (nSPS) is 14.4. The second-order valence-electron chi connectivity index (χ2n) is 6.47. The third kappa shape index (κ3) is 3.33. The highest BCUT2D eigenvalue weighted by atomic mass is 16.5. The number of nitrogens with one attached hydrogen (secondary N) is 1. The molecule has 0 unspecified atom stereocenters. The Morgan fingerprint density at radius 2 is 2.07 bits per heavy atom. The first-order chi connectivity index (χ1) is 13.2. The number of fused-ring (bicyclic) bond motifs is 1. The average molecular weight is 366 g/mol. The molecule has 2 aromatic heterocycles. The molecular formula is C20H22N4O3. The maximum absolute atomic E-state index is 13.0. The fourth-order valence-corrected chi connectivity index (χ4v) is 3.35. The lowest BCUT2D eigenvalue weighted by molar-refractivity contribution is 0.0303. The van der Waals surface area contributed by atoms with Crippen molar-refractivity contribution in [3.8, 4) is 5.75 Å². The van der Waals surface area contributed by atoms with Crippen molar-refractivity contribution in [3.63, 3.8) is 0 Å². The Morgan fingerprint density at radius 1 is 1.26 bits per heavy atom. The number of rotatable bonds is 4. The molecule has 1 aliphatic rings. The van der Waals surface area contributed by atoms with Crippen LogP contribution in [-0.2, 0) is 11.8 Å². The van der Waals surface area contributed by atoms with Crippen LogP contribution in [0, 0.1) is 0 Å². The van der Waals surface area contributed by atoms with Gasteiger partial charge in [-0.15, -0.1) is 0 Å². The molecule has 1 amide bonds. The van der Waals surface area contributed by atoms with E-state index in [-0.39, 0.29) is 5.91 Å². The van der Waals surface area contributed by atoms with Crippen LogP contribution in [-0.4, -0.2) is 53.8 Å². The molecule has 0 bridgehead atoms. The van der Waals surface area contributed by atoms with Gasteiger partial charge >= 0.3 is 0 Å². The van der Waals surface area contributed by atoms with Crippen LogP contribution >= 0.6 is 0 Å². The van der Waals surface area contributed by atoms with Crippen LogP contribution in [0.2, 0.25) is 0 Å². The van der Waals surface area contributed by atoms with E-state index in [4.69, 9.17) is 9.47 Å². The van der Waals surface area contributed by atoms with Gasteiger partial charge in [-0.05, 0) is 18.2 Å². The highest BCUT2D eigenvalue weighted by Crippen LogP contribution is 2.29. The molecule has 3 aromatic rings. The molecule has 0 saturated carbocycles. The molecule has 140 valence electrons. The largest absolute Gasteiger partial charge is 0.497 e. The molecule has 4 rings (SSSR count). The van der Waals surface area contributed by atoms with E-state index in [1.165, 1.54) is 0 Å². The van der Waals surface area contributed by atoms with Crippen molar-refractivity contribution in [1.29, 1.82) is 0 Å². The number of amides is 1.